The van der Waals surface area contributed by atoms with Crippen LogP contribution in [0, 0.1) is 0 Å². The summed E-state index contributed by atoms with van der Waals surface area (Å²) in [5.41, 5.74) is 2.61. The average molecular weight is 492 g/mol. The van der Waals surface area contributed by atoms with Gasteiger partial charge in [-0.2, -0.15) is 18.3 Å². The maximum absolute atomic E-state index is 13.1. The third-order valence-electron chi connectivity index (χ3n) is 5.56. The number of amides is 1. The van der Waals surface area contributed by atoms with E-state index in [9.17, 15) is 18.0 Å². The molecule has 0 fully saturated rings. The number of nitrogens with one attached hydrogen (secondary N) is 2. The van der Waals surface area contributed by atoms with Crippen molar-refractivity contribution in [2.24, 2.45) is 0 Å². The largest absolute Gasteiger partial charge is 0.416 e. The first-order valence-corrected chi connectivity index (χ1v) is 11.5. The highest BCUT2D eigenvalue weighted by atomic mass is 31.0. The summed E-state index contributed by atoms with van der Waals surface area (Å²) < 4.78 is 44.2. The Labute approximate surface area is 196 Å². The Morgan fingerprint density at radius 2 is 2.12 bits per heavy atom. The predicted molar refractivity (Wildman–Crippen MR) is 124 cm³/mol. The van der Waals surface area contributed by atoms with Crippen LogP contribution in [0.3, 0.4) is 0 Å². The van der Waals surface area contributed by atoms with Crippen molar-refractivity contribution < 1.29 is 22.7 Å². The molecule has 1 aliphatic rings. The molecular weight excluding hydrogens is 468 g/mol. The zero-order valence-corrected chi connectivity index (χ0v) is 19.6. The average Bonchev–Trinajstić information content (AvgIpc) is 3.15. The molecule has 0 aliphatic heterocycles. The molecule has 0 bridgehead atoms. The summed E-state index contributed by atoms with van der Waals surface area (Å²) in [4.78, 5) is 23.6. The van der Waals surface area contributed by atoms with Gasteiger partial charge in [-0.05, 0) is 43.0 Å². The van der Waals surface area contributed by atoms with Crippen molar-refractivity contribution in [1.29, 1.82) is 0 Å². The molecule has 0 saturated heterocycles. The van der Waals surface area contributed by atoms with Crippen LogP contribution in [0.2, 0.25) is 0 Å². The fourth-order valence-corrected chi connectivity index (χ4v) is 4.18. The second-order valence-corrected chi connectivity index (χ2v) is 8.16. The summed E-state index contributed by atoms with van der Waals surface area (Å²) in [6.45, 7) is 0.855. The van der Waals surface area contributed by atoms with Gasteiger partial charge >= 0.3 is 6.18 Å². The van der Waals surface area contributed by atoms with Gasteiger partial charge in [-0.1, -0.05) is 6.07 Å². The second-order valence-electron chi connectivity index (χ2n) is 7.79. The van der Waals surface area contributed by atoms with E-state index in [2.05, 4.69) is 34.7 Å². The number of nitrogens with zero attached hydrogens (tertiary/aromatic N) is 4. The van der Waals surface area contributed by atoms with Gasteiger partial charge in [0.25, 0.3) is 5.91 Å². The van der Waals surface area contributed by atoms with Crippen LogP contribution < -0.4 is 5.32 Å². The van der Waals surface area contributed by atoms with Gasteiger partial charge in [-0.25, -0.2) is 9.97 Å². The Balaban J connectivity index is 1.65. The van der Waals surface area contributed by atoms with Gasteiger partial charge in [0.1, 0.15) is 11.4 Å². The lowest BCUT2D eigenvalue weighted by Crippen LogP contribution is -2.33. The van der Waals surface area contributed by atoms with Crippen LogP contribution >= 0.6 is 9.24 Å². The maximum atomic E-state index is 13.1. The van der Waals surface area contributed by atoms with E-state index < -0.39 is 11.7 Å². The molecular formula is C22H24F3N6O2P. The van der Waals surface area contributed by atoms with Gasteiger partial charge in [0.05, 0.1) is 17.9 Å². The maximum Gasteiger partial charge on any atom is 0.416 e. The summed E-state index contributed by atoms with van der Waals surface area (Å²) in [5.74, 6) is -0.0332. The third kappa shape index (κ3) is 5.05. The zero-order valence-electron chi connectivity index (χ0n) is 18.4. The highest BCUT2D eigenvalue weighted by Gasteiger charge is 2.31. The molecule has 0 saturated carbocycles. The van der Waals surface area contributed by atoms with Crippen LogP contribution in [0.4, 0.5) is 24.8 Å². The van der Waals surface area contributed by atoms with Crippen molar-refractivity contribution in [3.63, 3.8) is 0 Å². The molecule has 180 valence electrons. The fraction of sp³-hybridized carbons (Fsp3) is 0.364. The van der Waals surface area contributed by atoms with Gasteiger partial charge in [0.2, 0.25) is 5.95 Å². The van der Waals surface area contributed by atoms with Gasteiger partial charge < -0.3 is 15.0 Å². The summed E-state index contributed by atoms with van der Waals surface area (Å²) in [7, 11) is 4.12. The number of aryl methyl sites for hydroxylation is 1. The molecule has 1 aliphatic carbocycles. The van der Waals surface area contributed by atoms with Gasteiger partial charge in [0.15, 0.2) is 0 Å². The van der Waals surface area contributed by atoms with Crippen LogP contribution in [0.15, 0.2) is 30.5 Å². The lowest BCUT2D eigenvalue weighted by atomic mass is 10.1. The van der Waals surface area contributed by atoms with Gasteiger partial charge in [0, 0.05) is 37.4 Å². The molecule has 2 N–H and O–H groups in total. The predicted octanol–water partition coefficient (Wildman–Crippen LogP) is 4.04. The summed E-state index contributed by atoms with van der Waals surface area (Å²) in [6, 6.07) is 4.84. The highest BCUT2D eigenvalue weighted by Crippen LogP contribution is 2.34. The van der Waals surface area contributed by atoms with Gasteiger partial charge in [-0.15, -0.1) is 9.24 Å². The number of ether oxygens (including phenoxy) is 1. The molecule has 1 amide bonds. The summed E-state index contributed by atoms with van der Waals surface area (Å²) >= 11 is 0. The van der Waals surface area contributed by atoms with Crippen molar-refractivity contribution in [3.05, 3.63) is 52.8 Å². The minimum atomic E-state index is -4.45. The Hall–Kier alpha value is -3.04. The highest BCUT2D eigenvalue weighted by molar-refractivity contribution is 7.16. The molecule has 0 radical (unpaired) electrons. The number of fused-ring (bicyclic) bond motifs is 3. The lowest BCUT2D eigenvalue weighted by molar-refractivity contribution is -0.137. The van der Waals surface area contributed by atoms with Crippen LogP contribution in [0.5, 0.6) is 0 Å². The number of halogens is 3. The molecule has 34 heavy (non-hydrogen) atoms. The number of aromatic amines is 1. The lowest BCUT2D eigenvalue weighted by Gasteiger charge is -2.20. The molecule has 1 unspecified atom stereocenters. The number of hydrogen-bond donors (Lipinski definition) is 2. The topological polar surface area (TPSA) is 96.0 Å². The van der Waals surface area contributed by atoms with Crippen molar-refractivity contribution in [1.82, 2.24) is 25.1 Å². The van der Waals surface area contributed by atoms with Crippen molar-refractivity contribution in [2.45, 2.75) is 25.4 Å². The third-order valence-corrected chi connectivity index (χ3v) is 6.00. The number of anilines is 2. The van der Waals surface area contributed by atoms with E-state index in [1.807, 2.05) is 0 Å². The molecule has 12 heteroatoms. The van der Waals surface area contributed by atoms with E-state index in [0.29, 0.717) is 49.4 Å². The molecule has 2 heterocycles. The van der Waals surface area contributed by atoms with E-state index >= 15 is 0 Å². The normalized spacial score (nSPS) is 13.1. The number of aromatic nitrogens is 4. The first-order valence-electron chi connectivity index (χ1n) is 10.7. The first-order chi connectivity index (χ1) is 16.3. The van der Waals surface area contributed by atoms with Crippen molar-refractivity contribution in [3.8, 4) is 11.4 Å². The smallest absolute Gasteiger partial charge is 0.383 e. The van der Waals surface area contributed by atoms with E-state index in [1.54, 1.807) is 18.2 Å². The molecule has 2 aromatic heterocycles. The monoisotopic (exact) mass is 492 g/mol. The number of H-pyrrole nitrogens is 1. The number of carbonyl (C=O) groups excluding carboxylic acids is 1. The molecule has 1 aromatic carbocycles. The molecule has 4 rings (SSSR count). The standard InChI is InChI=1S/C22H24F3N6O2P/c1-33-9-8-31(12-34)20(32)19-16-7-2-4-13-11-26-21(28-17(13)18(16)29-30-19)27-15-6-3-5-14(10-15)22(23,24)25/h3,5-6,10-11H,2,4,7-9,12,34H2,1H3,(H,29,30)(H,26,27,28). The molecule has 3 aromatic rings. The summed E-state index contributed by atoms with van der Waals surface area (Å²) in [5, 5.41) is 10.1. The number of alkyl halides is 3. The Morgan fingerprint density at radius 3 is 2.85 bits per heavy atom. The van der Waals surface area contributed by atoms with E-state index in [1.165, 1.54) is 12.1 Å². The zero-order chi connectivity index (χ0) is 24.3. The minimum Gasteiger partial charge on any atom is -0.383 e. The Morgan fingerprint density at radius 1 is 1.29 bits per heavy atom. The van der Waals surface area contributed by atoms with E-state index in [4.69, 9.17) is 4.74 Å². The van der Waals surface area contributed by atoms with Crippen molar-refractivity contribution >= 4 is 26.8 Å². The van der Waals surface area contributed by atoms with Gasteiger partial charge in [-0.3, -0.25) is 9.89 Å². The fourth-order valence-electron chi connectivity index (χ4n) is 3.83. The first kappa shape index (κ1) is 24.1. The minimum absolute atomic E-state index is 0.147. The molecule has 8 nitrogen and oxygen atoms in total. The number of hydrogen-bond acceptors (Lipinski definition) is 6. The van der Waals surface area contributed by atoms with Crippen molar-refractivity contribution in [2.75, 3.05) is 31.9 Å². The number of rotatable bonds is 7. The second kappa shape index (κ2) is 10.1. The van der Waals surface area contributed by atoms with Crippen LogP contribution in [0.25, 0.3) is 11.4 Å². The quantitative estimate of drug-likeness (QED) is 0.484. The summed E-state index contributed by atoms with van der Waals surface area (Å²) in [6.07, 6.45) is -0.248. The Kier molecular flexibility index (Phi) is 7.13. The van der Waals surface area contributed by atoms with E-state index in [-0.39, 0.29) is 17.5 Å². The van der Waals surface area contributed by atoms with Crippen LogP contribution in [-0.4, -0.2) is 57.5 Å². The number of benzene rings is 1. The van der Waals surface area contributed by atoms with Crippen LogP contribution in [0.1, 0.15) is 33.6 Å². The molecule has 1 atom stereocenters. The number of carbonyl (C=O) groups is 1. The van der Waals surface area contributed by atoms with E-state index in [0.717, 1.165) is 29.7 Å². The molecule has 0 spiro atoms. The van der Waals surface area contributed by atoms with Crippen LogP contribution in [-0.2, 0) is 23.8 Å². The number of methoxy groups -OCH3 is 1. The SMILES string of the molecule is COCCN(CP)C(=O)c1[nH]nc2c1CCCc1cnc(Nc3cccc(C(F)(F)F)c3)nc1-2. The Bertz CT molecular complexity index is 1180.